The van der Waals surface area contributed by atoms with Crippen LogP contribution in [0.3, 0.4) is 0 Å². The maximum atomic E-state index is 12.5. The summed E-state index contributed by atoms with van der Waals surface area (Å²) in [5.74, 6) is 0.326. The van der Waals surface area contributed by atoms with Crippen molar-refractivity contribution in [3.05, 3.63) is 57.7 Å². The van der Waals surface area contributed by atoms with Gasteiger partial charge in [0, 0.05) is 29.3 Å². The van der Waals surface area contributed by atoms with E-state index in [1.54, 1.807) is 24.1 Å². The van der Waals surface area contributed by atoms with Crippen molar-refractivity contribution in [1.82, 2.24) is 9.88 Å². The van der Waals surface area contributed by atoms with Crippen molar-refractivity contribution in [3.8, 4) is 0 Å². The number of pyridine rings is 1. The first-order chi connectivity index (χ1) is 9.99. The number of rotatable bonds is 4. The normalized spacial score (nSPS) is 10.4. The number of aryl methyl sites for hydroxylation is 1. The lowest BCUT2D eigenvalue weighted by Crippen LogP contribution is -2.26. The van der Waals surface area contributed by atoms with Gasteiger partial charge in [0.2, 0.25) is 0 Å². The molecule has 21 heavy (non-hydrogen) atoms. The molecule has 1 aromatic carbocycles. The maximum Gasteiger partial charge on any atom is 0.254 e. The monoisotopic (exact) mass is 347 g/mol. The van der Waals surface area contributed by atoms with Crippen molar-refractivity contribution in [2.45, 2.75) is 19.9 Å². The highest BCUT2D eigenvalue weighted by atomic mass is 79.9. The summed E-state index contributed by atoms with van der Waals surface area (Å²) in [6.07, 6.45) is 0.751. The number of nitrogen functional groups attached to an aromatic ring is 1. The highest BCUT2D eigenvalue weighted by molar-refractivity contribution is 9.10. The second-order valence-corrected chi connectivity index (χ2v) is 5.83. The Balaban J connectivity index is 2.17. The molecule has 2 rings (SSSR count). The van der Waals surface area contributed by atoms with Crippen LogP contribution in [0.5, 0.6) is 0 Å². The van der Waals surface area contributed by atoms with Gasteiger partial charge in [-0.25, -0.2) is 4.98 Å². The van der Waals surface area contributed by atoms with E-state index < -0.39 is 0 Å². The van der Waals surface area contributed by atoms with Gasteiger partial charge in [0.1, 0.15) is 5.82 Å². The Kier molecular flexibility index (Phi) is 4.96. The first kappa shape index (κ1) is 15.5. The largest absolute Gasteiger partial charge is 0.384 e. The van der Waals surface area contributed by atoms with Gasteiger partial charge in [-0.3, -0.25) is 4.79 Å². The van der Waals surface area contributed by atoms with Gasteiger partial charge in [-0.2, -0.15) is 0 Å². The van der Waals surface area contributed by atoms with Crippen LogP contribution in [0.15, 0.2) is 40.9 Å². The van der Waals surface area contributed by atoms with Crippen LogP contribution in [0.4, 0.5) is 5.82 Å². The van der Waals surface area contributed by atoms with Gasteiger partial charge in [0.25, 0.3) is 5.91 Å². The van der Waals surface area contributed by atoms with E-state index in [-0.39, 0.29) is 5.91 Å². The van der Waals surface area contributed by atoms with Gasteiger partial charge in [-0.05, 0) is 36.2 Å². The summed E-state index contributed by atoms with van der Waals surface area (Å²) in [7, 11) is 1.78. The molecule has 1 amide bonds. The SMILES string of the molecule is CCc1cc(C(=O)N(C)Cc2cccc(Br)c2)cc(N)n1. The van der Waals surface area contributed by atoms with Crippen LogP contribution in [-0.4, -0.2) is 22.8 Å². The van der Waals surface area contributed by atoms with E-state index in [0.29, 0.717) is 17.9 Å². The van der Waals surface area contributed by atoms with Crippen LogP contribution in [0.25, 0.3) is 0 Å². The summed E-state index contributed by atoms with van der Waals surface area (Å²) in [5.41, 5.74) is 8.23. The molecule has 0 atom stereocenters. The van der Waals surface area contributed by atoms with Crippen molar-refractivity contribution < 1.29 is 4.79 Å². The summed E-state index contributed by atoms with van der Waals surface area (Å²) in [4.78, 5) is 18.4. The third-order valence-corrected chi connectivity index (χ3v) is 3.66. The van der Waals surface area contributed by atoms with E-state index >= 15 is 0 Å². The fraction of sp³-hybridized carbons (Fsp3) is 0.250. The molecule has 0 saturated heterocycles. The van der Waals surface area contributed by atoms with Crippen LogP contribution in [0.2, 0.25) is 0 Å². The third kappa shape index (κ3) is 4.04. The molecule has 0 spiro atoms. The Bertz CT molecular complexity index is 658. The molecule has 5 heteroatoms. The van der Waals surface area contributed by atoms with Gasteiger partial charge >= 0.3 is 0 Å². The molecule has 0 aliphatic heterocycles. The number of carbonyl (C=O) groups is 1. The molecule has 0 fully saturated rings. The molecular formula is C16H18BrN3O. The number of nitrogens with two attached hydrogens (primary N) is 1. The molecule has 2 aromatic rings. The smallest absolute Gasteiger partial charge is 0.254 e. The molecule has 0 aliphatic rings. The quantitative estimate of drug-likeness (QED) is 0.923. The second kappa shape index (κ2) is 6.72. The Morgan fingerprint density at radius 2 is 2.10 bits per heavy atom. The predicted molar refractivity (Wildman–Crippen MR) is 88.0 cm³/mol. The maximum absolute atomic E-state index is 12.5. The molecule has 110 valence electrons. The molecule has 4 nitrogen and oxygen atoms in total. The molecule has 0 unspecified atom stereocenters. The van der Waals surface area contributed by atoms with Gasteiger partial charge in [0.05, 0.1) is 0 Å². The minimum absolute atomic E-state index is 0.0567. The minimum Gasteiger partial charge on any atom is -0.384 e. The number of carbonyl (C=O) groups excluding carboxylic acids is 1. The zero-order valence-electron chi connectivity index (χ0n) is 12.1. The number of hydrogen-bond donors (Lipinski definition) is 1. The van der Waals surface area contributed by atoms with E-state index in [1.165, 1.54) is 0 Å². The summed E-state index contributed by atoms with van der Waals surface area (Å²) in [5, 5.41) is 0. The summed E-state index contributed by atoms with van der Waals surface area (Å²) >= 11 is 3.43. The van der Waals surface area contributed by atoms with E-state index in [1.807, 2.05) is 31.2 Å². The van der Waals surface area contributed by atoms with Crippen molar-refractivity contribution in [1.29, 1.82) is 0 Å². The Hall–Kier alpha value is -1.88. The van der Waals surface area contributed by atoms with Crippen molar-refractivity contribution in [2.75, 3.05) is 12.8 Å². The van der Waals surface area contributed by atoms with Gasteiger partial charge in [-0.15, -0.1) is 0 Å². The number of nitrogens with zero attached hydrogens (tertiary/aromatic N) is 2. The van der Waals surface area contributed by atoms with Gasteiger partial charge in [-0.1, -0.05) is 35.0 Å². The number of benzene rings is 1. The number of amides is 1. The highest BCUT2D eigenvalue weighted by Gasteiger charge is 2.14. The zero-order valence-corrected chi connectivity index (χ0v) is 13.7. The third-order valence-electron chi connectivity index (χ3n) is 3.16. The van der Waals surface area contributed by atoms with E-state index in [2.05, 4.69) is 20.9 Å². The van der Waals surface area contributed by atoms with Gasteiger partial charge < -0.3 is 10.6 Å². The van der Waals surface area contributed by atoms with E-state index in [0.717, 1.165) is 22.2 Å². The van der Waals surface area contributed by atoms with Crippen molar-refractivity contribution in [2.24, 2.45) is 0 Å². The van der Waals surface area contributed by atoms with E-state index in [4.69, 9.17) is 5.73 Å². The molecule has 0 radical (unpaired) electrons. The average molecular weight is 348 g/mol. The summed E-state index contributed by atoms with van der Waals surface area (Å²) in [6.45, 7) is 2.53. The predicted octanol–water partition coefficient (Wildman–Crippen LogP) is 3.26. The number of halogens is 1. The van der Waals surface area contributed by atoms with E-state index in [9.17, 15) is 4.79 Å². The number of aromatic nitrogens is 1. The lowest BCUT2D eigenvalue weighted by Gasteiger charge is -2.18. The molecule has 0 aliphatic carbocycles. The van der Waals surface area contributed by atoms with Crippen molar-refractivity contribution in [3.63, 3.8) is 0 Å². The number of anilines is 1. The lowest BCUT2D eigenvalue weighted by atomic mass is 10.1. The molecule has 0 saturated carbocycles. The van der Waals surface area contributed by atoms with Crippen LogP contribution < -0.4 is 5.73 Å². The fourth-order valence-corrected chi connectivity index (χ4v) is 2.56. The molecule has 2 N–H and O–H groups in total. The van der Waals surface area contributed by atoms with Gasteiger partial charge in [0.15, 0.2) is 0 Å². The topological polar surface area (TPSA) is 59.2 Å². The fourth-order valence-electron chi connectivity index (χ4n) is 2.12. The Labute approximate surface area is 133 Å². The van der Waals surface area contributed by atoms with Crippen molar-refractivity contribution >= 4 is 27.7 Å². The summed E-state index contributed by atoms with van der Waals surface area (Å²) < 4.78 is 1.00. The molecule has 1 aromatic heterocycles. The zero-order chi connectivity index (χ0) is 15.4. The minimum atomic E-state index is -0.0567. The Morgan fingerprint density at radius 1 is 1.33 bits per heavy atom. The Morgan fingerprint density at radius 3 is 2.76 bits per heavy atom. The van der Waals surface area contributed by atoms with Crippen LogP contribution in [0.1, 0.15) is 28.5 Å². The molecular weight excluding hydrogens is 330 g/mol. The molecule has 1 heterocycles. The lowest BCUT2D eigenvalue weighted by molar-refractivity contribution is 0.0785. The first-order valence-corrected chi connectivity index (χ1v) is 7.55. The van der Waals surface area contributed by atoms with Crippen LogP contribution in [-0.2, 0) is 13.0 Å². The number of hydrogen-bond acceptors (Lipinski definition) is 3. The standard InChI is InChI=1S/C16H18BrN3O/c1-3-14-8-12(9-15(18)19-14)16(21)20(2)10-11-5-4-6-13(17)7-11/h4-9H,3,10H2,1-2H3,(H2,18,19). The van der Waals surface area contributed by atoms with Crippen LogP contribution in [0, 0.1) is 0 Å². The second-order valence-electron chi connectivity index (χ2n) is 4.92. The first-order valence-electron chi connectivity index (χ1n) is 6.76. The molecule has 0 bridgehead atoms. The summed E-state index contributed by atoms with van der Waals surface area (Å²) in [6, 6.07) is 11.3. The average Bonchev–Trinajstić information content (AvgIpc) is 2.45. The highest BCUT2D eigenvalue weighted by Crippen LogP contribution is 2.15. The van der Waals surface area contributed by atoms with Crippen LogP contribution >= 0.6 is 15.9 Å².